The van der Waals surface area contributed by atoms with Gasteiger partial charge in [0.1, 0.15) is 0 Å². The Morgan fingerprint density at radius 3 is 2.29 bits per heavy atom. The molecule has 21 heavy (non-hydrogen) atoms. The van der Waals surface area contributed by atoms with Crippen molar-refractivity contribution < 1.29 is 13.2 Å². The summed E-state index contributed by atoms with van der Waals surface area (Å²) in [5.41, 5.74) is 6.83. The lowest BCUT2D eigenvalue weighted by atomic mass is 10.2. The third-order valence-corrected chi connectivity index (χ3v) is 4.23. The van der Waals surface area contributed by atoms with Crippen LogP contribution in [0.3, 0.4) is 0 Å². The number of sulfone groups is 1. The molecule has 0 radical (unpaired) electrons. The monoisotopic (exact) mass is 324 g/mol. The number of nitrogens with one attached hydrogen (secondary N) is 1. The van der Waals surface area contributed by atoms with Gasteiger partial charge >= 0.3 is 0 Å². The van der Waals surface area contributed by atoms with Crippen molar-refractivity contribution in [2.45, 2.75) is 4.90 Å². The van der Waals surface area contributed by atoms with Crippen molar-refractivity contribution in [1.29, 1.82) is 0 Å². The van der Waals surface area contributed by atoms with Crippen LogP contribution in [-0.4, -0.2) is 20.6 Å². The van der Waals surface area contributed by atoms with E-state index < -0.39 is 9.84 Å². The summed E-state index contributed by atoms with van der Waals surface area (Å²) in [5.74, 6) is -0.387. The highest BCUT2D eigenvalue weighted by Crippen LogP contribution is 2.24. The van der Waals surface area contributed by atoms with Gasteiger partial charge in [-0.05, 0) is 42.5 Å². The lowest BCUT2D eigenvalue weighted by molar-refractivity contribution is 0.102. The number of hydrogen-bond donors (Lipinski definition) is 2. The largest absolute Gasteiger partial charge is 0.399 e. The van der Waals surface area contributed by atoms with Crippen LogP contribution in [0.1, 0.15) is 10.4 Å². The molecule has 0 saturated carbocycles. The summed E-state index contributed by atoms with van der Waals surface area (Å²) in [7, 11) is -3.28. The van der Waals surface area contributed by atoms with Crippen LogP contribution in [0.5, 0.6) is 0 Å². The van der Waals surface area contributed by atoms with Gasteiger partial charge in [0.15, 0.2) is 9.84 Å². The molecule has 7 heteroatoms. The molecule has 0 saturated heterocycles. The molecule has 1 amide bonds. The van der Waals surface area contributed by atoms with E-state index >= 15 is 0 Å². The third kappa shape index (κ3) is 3.74. The summed E-state index contributed by atoms with van der Waals surface area (Å²) >= 11 is 5.97. The minimum absolute atomic E-state index is 0.157. The number of carbonyl (C=O) groups is 1. The lowest BCUT2D eigenvalue weighted by Crippen LogP contribution is -2.12. The molecule has 0 spiro atoms. The van der Waals surface area contributed by atoms with Gasteiger partial charge in [-0.1, -0.05) is 11.6 Å². The molecule has 0 atom stereocenters. The second kappa shape index (κ2) is 5.75. The van der Waals surface area contributed by atoms with Crippen molar-refractivity contribution in [3.63, 3.8) is 0 Å². The highest BCUT2D eigenvalue weighted by atomic mass is 35.5. The number of amides is 1. The standard InChI is InChI=1S/C14H13ClN2O3S/c1-21(19,20)11-5-2-9(3-6-11)14(18)17-13-7-4-10(16)8-12(13)15/h2-8H,16H2,1H3,(H,17,18). The van der Waals surface area contributed by atoms with Crippen LogP contribution in [0.15, 0.2) is 47.4 Å². The first-order valence-corrected chi connectivity index (χ1v) is 8.21. The molecular formula is C14H13ClN2O3S. The number of carbonyl (C=O) groups excluding carboxylic acids is 1. The molecule has 0 bridgehead atoms. The molecule has 0 aromatic heterocycles. The van der Waals surface area contributed by atoms with Crippen molar-refractivity contribution in [3.05, 3.63) is 53.1 Å². The number of rotatable bonds is 3. The van der Waals surface area contributed by atoms with Crippen LogP contribution in [0.25, 0.3) is 0 Å². The summed E-state index contributed by atoms with van der Waals surface area (Å²) in [6, 6.07) is 10.4. The number of benzene rings is 2. The third-order valence-electron chi connectivity index (χ3n) is 2.79. The second-order valence-electron chi connectivity index (χ2n) is 4.49. The van der Waals surface area contributed by atoms with E-state index in [0.29, 0.717) is 22.0 Å². The van der Waals surface area contributed by atoms with E-state index in [1.165, 1.54) is 30.3 Å². The fourth-order valence-corrected chi connectivity index (χ4v) is 2.55. The lowest BCUT2D eigenvalue weighted by Gasteiger charge is -2.08. The van der Waals surface area contributed by atoms with Crippen LogP contribution < -0.4 is 11.1 Å². The maximum Gasteiger partial charge on any atom is 0.255 e. The predicted octanol–water partition coefficient (Wildman–Crippen LogP) is 2.58. The van der Waals surface area contributed by atoms with E-state index in [0.717, 1.165) is 6.26 Å². The average Bonchev–Trinajstić information content (AvgIpc) is 2.41. The fourth-order valence-electron chi connectivity index (χ4n) is 1.68. The zero-order chi connectivity index (χ0) is 15.6. The molecule has 0 unspecified atom stereocenters. The topological polar surface area (TPSA) is 89.3 Å². The molecule has 0 fully saturated rings. The smallest absolute Gasteiger partial charge is 0.255 e. The van der Waals surface area contributed by atoms with E-state index in [9.17, 15) is 13.2 Å². The molecule has 5 nitrogen and oxygen atoms in total. The van der Waals surface area contributed by atoms with Crippen molar-refractivity contribution in [2.75, 3.05) is 17.3 Å². The van der Waals surface area contributed by atoms with Gasteiger partial charge in [0, 0.05) is 17.5 Å². The van der Waals surface area contributed by atoms with E-state index in [2.05, 4.69) is 5.32 Å². The van der Waals surface area contributed by atoms with E-state index in [4.69, 9.17) is 17.3 Å². The highest BCUT2D eigenvalue weighted by molar-refractivity contribution is 7.90. The first-order valence-electron chi connectivity index (χ1n) is 5.94. The minimum Gasteiger partial charge on any atom is -0.399 e. The summed E-state index contributed by atoms with van der Waals surface area (Å²) in [4.78, 5) is 12.2. The molecule has 0 heterocycles. The summed E-state index contributed by atoms with van der Waals surface area (Å²) in [6.45, 7) is 0. The predicted molar refractivity (Wildman–Crippen MR) is 83.4 cm³/mol. The van der Waals surface area contributed by atoms with Gasteiger partial charge in [-0.2, -0.15) is 0 Å². The van der Waals surface area contributed by atoms with Crippen LogP contribution in [-0.2, 0) is 9.84 Å². The quantitative estimate of drug-likeness (QED) is 0.849. The molecular weight excluding hydrogens is 312 g/mol. The Hall–Kier alpha value is -2.05. The Bertz CT molecular complexity index is 786. The molecule has 2 rings (SSSR count). The number of hydrogen-bond acceptors (Lipinski definition) is 4. The Morgan fingerprint density at radius 2 is 1.76 bits per heavy atom. The summed E-state index contributed by atoms with van der Waals surface area (Å²) in [5, 5.41) is 2.97. The Labute approximate surface area is 127 Å². The number of halogens is 1. The van der Waals surface area contributed by atoms with E-state index in [-0.39, 0.29) is 10.8 Å². The van der Waals surface area contributed by atoms with Gasteiger partial charge < -0.3 is 11.1 Å². The Morgan fingerprint density at radius 1 is 1.14 bits per heavy atom. The van der Waals surface area contributed by atoms with Gasteiger partial charge in [-0.15, -0.1) is 0 Å². The van der Waals surface area contributed by atoms with E-state index in [1.807, 2.05) is 0 Å². The second-order valence-corrected chi connectivity index (χ2v) is 6.91. The van der Waals surface area contributed by atoms with Crippen molar-refractivity contribution in [1.82, 2.24) is 0 Å². The number of anilines is 2. The normalized spacial score (nSPS) is 11.1. The first-order chi connectivity index (χ1) is 9.77. The Balaban J connectivity index is 2.21. The zero-order valence-corrected chi connectivity index (χ0v) is 12.7. The molecule has 0 aliphatic heterocycles. The maximum atomic E-state index is 12.1. The number of nitrogens with two attached hydrogens (primary N) is 1. The van der Waals surface area contributed by atoms with Gasteiger partial charge in [0.05, 0.1) is 15.6 Å². The number of nitrogen functional groups attached to an aromatic ring is 1. The molecule has 2 aromatic rings. The van der Waals surface area contributed by atoms with Crippen molar-refractivity contribution >= 4 is 38.7 Å². The van der Waals surface area contributed by atoms with Crippen LogP contribution in [0.4, 0.5) is 11.4 Å². The van der Waals surface area contributed by atoms with Crippen LogP contribution in [0, 0.1) is 0 Å². The molecule has 110 valence electrons. The molecule has 0 aliphatic carbocycles. The molecule has 3 N–H and O–H groups in total. The Kier molecular flexibility index (Phi) is 4.20. The van der Waals surface area contributed by atoms with Crippen molar-refractivity contribution in [2.24, 2.45) is 0 Å². The van der Waals surface area contributed by atoms with Gasteiger partial charge in [0.25, 0.3) is 5.91 Å². The maximum absolute atomic E-state index is 12.1. The fraction of sp³-hybridized carbons (Fsp3) is 0.0714. The minimum atomic E-state index is -3.28. The van der Waals surface area contributed by atoms with Gasteiger partial charge in [-0.3, -0.25) is 4.79 Å². The SMILES string of the molecule is CS(=O)(=O)c1ccc(C(=O)Nc2ccc(N)cc2Cl)cc1. The molecule has 2 aromatic carbocycles. The highest BCUT2D eigenvalue weighted by Gasteiger charge is 2.11. The van der Waals surface area contributed by atoms with Crippen molar-refractivity contribution in [3.8, 4) is 0 Å². The van der Waals surface area contributed by atoms with Crippen LogP contribution >= 0.6 is 11.6 Å². The average molecular weight is 325 g/mol. The van der Waals surface area contributed by atoms with Gasteiger partial charge in [0.2, 0.25) is 0 Å². The van der Waals surface area contributed by atoms with Gasteiger partial charge in [-0.25, -0.2) is 8.42 Å². The molecule has 0 aliphatic rings. The zero-order valence-electron chi connectivity index (χ0n) is 11.1. The summed E-state index contributed by atoms with van der Waals surface area (Å²) in [6.07, 6.45) is 1.11. The van der Waals surface area contributed by atoms with E-state index in [1.54, 1.807) is 12.1 Å². The first kappa shape index (κ1) is 15.3. The van der Waals surface area contributed by atoms with Crippen LogP contribution in [0.2, 0.25) is 5.02 Å². The summed E-state index contributed by atoms with van der Waals surface area (Å²) < 4.78 is 22.7.